The van der Waals surface area contributed by atoms with Gasteiger partial charge in [0.15, 0.2) is 0 Å². The van der Waals surface area contributed by atoms with Crippen molar-refractivity contribution in [1.29, 1.82) is 0 Å². The lowest BCUT2D eigenvalue weighted by Gasteiger charge is -2.22. The van der Waals surface area contributed by atoms with Crippen LogP contribution in [0.25, 0.3) is 0 Å². The summed E-state index contributed by atoms with van der Waals surface area (Å²) < 4.78 is 22.4. The molecule has 0 bridgehead atoms. The zero-order valence-corrected chi connectivity index (χ0v) is 9.96. The summed E-state index contributed by atoms with van der Waals surface area (Å²) in [5, 5.41) is 3.39. The second kappa shape index (κ2) is 4.97. The van der Waals surface area contributed by atoms with Gasteiger partial charge in [-0.05, 0) is 12.8 Å². The lowest BCUT2D eigenvalue weighted by atomic mass is 10.1. The van der Waals surface area contributed by atoms with Crippen LogP contribution in [-0.2, 0) is 16.3 Å². The SMILES string of the molecule is O=S1(=O)CCC(NCCc2cnc[nH]2)CC1. The van der Waals surface area contributed by atoms with E-state index < -0.39 is 9.84 Å². The minimum Gasteiger partial charge on any atom is -0.348 e. The third-order valence-corrected chi connectivity index (χ3v) is 4.65. The van der Waals surface area contributed by atoms with Gasteiger partial charge in [0.2, 0.25) is 0 Å². The van der Waals surface area contributed by atoms with Gasteiger partial charge in [0.1, 0.15) is 9.84 Å². The van der Waals surface area contributed by atoms with Gasteiger partial charge in [-0.25, -0.2) is 13.4 Å². The van der Waals surface area contributed by atoms with Crippen LogP contribution in [0.1, 0.15) is 18.5 Å². The van der Waals surface area contributed by atoms with Gasteiger partial charge in [-0.15, -0.1) is 0 Å². The largest absolute Gasteiger partial charge is 0.348 e. The van der Waals surface area contributed by atoms with Gasteiger partial charge in [0.05, 0.1) is 17.8 Å². The molecule has 1 saturated heterocycles. The lowest BCUT2D eigenvalue weighted by Crippen LogP contribution is -2.38. The van der Waals surface area contributed by atoms with E-state index in [9.17, 15) is 8.42 Å². The maximum atomic E-state index is 11.2. The Kier molecular flexibility index (Phi) is 3.60. The second-order valence-corrected chi connectivity index (χ2v) is 6.51. The molecular weight excluding hydrogens is 226 g/mol. The molecule has 2 N–H and O–H groups in total. The van der Waals surface area contributed by atoms with Crippen molar-refractivity contribution >= 4 is 9.84 Å². The number of imidazole rings is 1. The summed E-state index contributed by atoms with van der Waals surface area (Å²) in [6.45, 7) is 0.868. The summed E-state index contributed by atoms with van der Waals surface area (Å²) in [6, 6.07) is 0.353. The number of rotatable bonds is 4. The molecule has 0 unspecified atom stereocenters. The quantitative estimate of drug-likeness (QED) is 0.787. The topological polar surface area (TPSA) is 74.8 Å². The molecule has 1 aromatic heterocycles. The van der Waals surface area contributed by atoms with Gasteiger partial charge in [0.25, 0.3) is 0 Å². The predicted molar refractivity (Wildman–Crippen MR) is 62.0 cm³/mol. The highest BCUT2D eigenvalue weighted by Crippen LogP contribution is 2.11. The van der Waals surface area contributed by atoms with Crippen LogP contribution in [-0.4, -0.2) is 42.5 Å². The molecule has 2 rings (SSSR count). The zero-order chi connectivity index (χ0) is 11.4. The fourth-order valence-corrected chi connectivity index (χ4v) is 3.42. The van der Waals surface area contributed by atoms with E-state index in [0.717, 1.165) is 31.5 Å². The monoisotopic (exact) mass is 243 g/mol. The van der Waals surface area contributed by atoms with Crippen LogP contribution < -0.4 is 5.32 Å². The highest BCUT2D eigenvalue weighted by molar-refractivity contribution is 7.91. The molecular formula is C10H17N3O2S. The summed E-state index contributed by atoms with van der Waals surface area (Å²) in [7, 11) is -2.74. The van der Waals surface area contributed by atoms with Gasteiger partial charge in [-0.2, -0.15) is 0 Å². The Morgan fingerprint density at radius 3 is 2.81 bits per heavy atom. The molecule has 1 aliphatic rings. The zero-order valence-electron chi connectivity index (χ0n) is 9.15. The van der Waals surface area contributed by atoms with Gasteiger partial charge >= 0.3 is 0 Å². The Balaban J connectivity index is 1.68. The number of nitrogens with zero attached hydrogens (tertiary/aromatic N) is 1. The summed E-state index contributed by atoms with van der Waals surface area (Å²) in [5.74, 6) is 0.656. The van der Waals surface area contributed by atoms with E-state index in [1.54, 1.807) is 6.33 Å². The van der Waals surface area contributed by atoms with Crippen molar-refractivity contribution in [3.05, 3.63) is 18.2 Å². The van der Waals surface area contributed by atoms with Crippen LogP contribution in [0.4, 0.5) is 0 Å². The van der Waals surface area contributed by atoms with Gasteiger partial charge in [0, 0.05) is 30.9 Å². The first kappa shape index (κ1) is 11.6. The molecule has 5 nitrogen and oxygen atoms in total. The molecule has 0 radical (unpaired) electrons. The standard InChI is InChI=1S/C10H17N3O2S/c14-16(15)5-2-9(3-6-16)12-4-1-10-7-11-8-13-10/h7-9,12H,1-6H2,(H,11,13). The van der Waals surface area contributed by atoms with Crippen molar-refractivity contribution in [3.63, 3.8) is 0 Å². The van der Waals surface area contributed by atoms with Crippen LogP contribution in [0.15, 0.2) is 12.5 Å². The molecule has 0 saturated carbocycles. The second-order valence-electron chi connectivity index (χ2n) is 4.21. The number of hydrogen-bond acceptors (Lipinski definition) is 4. The molecule has 1 fully saturated rings. The smallest absolute Gasteiger partial charge is 0.150 e. The Morgan fingerprint density at radius 2 is 2.19 bits per heavy atom. The average Bonchev–Trinajstić information content (AvgIpc) is 2.73. The summed E-state index contributed by atoms with van der Waals surface area (Å²) in [6.07, 6.45) is 5.87. The number of H-pyrrole nitrogens is 1. The molecule has 1 aliphatic heterocycles. The number of sulfone groups is 1. The fraction of sp³-hybridized carbons (Fsp3) is 0.700. The third kappa shape index (κ3) is 3.31. The number of hydrogen-bond donors (Lipinski definition) is 2. The van der Waals surface area contributed by atoms with E-state index in [4.69, 9.17) is 0 Å². The first-order valence-corrected chi connectivity index (χ1v) is 7.39. The molecule has 0 aromatic carbocycles. The molecule has 0 aliphatic carbocycles. The van der Waals surface area contributed by atoms with Crippen molar-refractivity contribution in [1.82, 2.24) is 15.3 Å². The first-order valence-electron chi connectivity index (χ1n) is 5.57. The number of aromatic nitrogens is 2. The molecule has 1 aromatic rings. The maximum absolute atomic E-state index is 11.2. The number of nitrogens with one attached hydrogen (secondary N) is 2. The van der Waals surface area contributed by atoms with Crippen molar-refractivity contribution < 1.29 is 8.42 Å². The minimum atomic E-state index is -2.74. The Morgan fingerprint density at radius 1 is 1.44 bits per heavy atom. The van der Waals surface area contributed by atoms with Crippen molar-refractivity contribution in [2.75, 3.05) is 18.1 Å². The predicted octanol–water partition coefficient (Wildman–Crippen LogP) is 0.119. The normalized spacial score (nSPS) is 21.0. The third-order valence-electron chi connectivity index (χ3n) is 2.94. The van der Waals surface area contributed by atoms with Crippen LogP contribution in [0.3, 0.4) is 0 Å². The molecule has 6 heteroatoms. The van der Waals surface area contributed by atoms with Crippen molar-refractivity contribution in [3.8, 4) is 0 Å². The molecule has 0 spiro atoms. The van der Waals surface area contributed by atoms with Crippen LogP contribution >= 0.6 is 0 Å². The molecule has 90 valence electrons. The summed E-state index contributed by atoms with van der Waals surface area (Å²) in [5.41, 5.74) is 1.11. The van der Waals surface area contributed by atoms with Crippen molar-refractivity contribution in [2.24, 2.45) is 0 Å². The Bertz CT molecular complexity index is 399. The van der Waals surface area contributed by atoms with Crippen LogP contribution in [0, 0.1) is 0 Å². The van der Waals surface area contributed by atoms with E-state index in [0.29, 0.717) is 17.5 Å². The maximum Gasteiger partial charge on any atom is 0.150 e. The number of aromatic amines is 1. The lowest BCUT2D eigenvalue weighted by molar-refractivity contribution is 0.465. The van der Waals surface area contributed by atoms with Gasteiger partial charge in [-0.1, -0.05) is 0 Å². The highest BCUT2D eigenvalue weighted by Gasteiger charge is 2.22. The molecule has 16 heavy (non-hydrogen) atoms. The Hall–Kier alpha value is -0.880. The molecule has 0 atom stereocenters. The van der Waals surface area contributed by atoms with Crippen LogP contribution in [0.2, 0.25) is 0 Å². The molecule has 2 heterocycles. The summed E-state index contributed by atoms with van der Waals surface area (Å²) in [4.78, 5) is 6.98. The van der Waals surface area contributed by atoms with Crippen LogP contribution in [0.5, 0.6) is 0 Å². The van der Waals surface area contributed by atoms with E-state index in [2.05, 4.69) is 15.3 Å². The summed E-state index contributed by atoms with van der Waals surface area (Å²) >= 11 is 0. The Labute approximate surface area is 95.6 Å². The first-order chi connectivity index (χ1) is 7.66. The van der Waals surface area contributed by atoms with Gasteiger partial charge < -0.3 is 10.3 Å². The van der Waals surface area contributed by atoms with E-state index in [-0.39, 0.29) is 0 Å². The fourth-order valence-electron chi connectivity index (χ4n) is 1.93. The van der Waals surface area contributed by atoms with Gasteiger partial charge in [-0.3, -0.25) is 0 Å². The minimum absolute atomic E-state index is 0.328. The van der Waals surface area contributed by atoms with E-state index in [1.807, 2.05) is 6.20 Å². The highest BCUT2D eigenvalue weighted by atomic mass is 32.2. The average molecular weight is 243 g/mol. The van der Waals surface area contributed by atoms with E-state index >= 15 is 0 Å². The molecule has 0 amide bonds. The van der Waals surface area contributed by atoms with Crippen molar-refractivity contribution in [2.45, 2.75) is 25.3 Å². The van der Waals surface area contributed by atoms with E-state index in [1.165, 1.54) is 0 Å².